The molecule has 1 fully saturated rings. The fourth-order valence-electron chi connectivity index (χ4n) is 1.46. The molecule has 0 radical (unpaired) electrons. The Balaban J connectivity index is 2.32. The van der Waals surface area contributed by atoms with Crippen molar-refractivity contribution in [2.75, 3.05) is 0 Å². The van der Waals surface area contributed by atoms with Crippen LogP contribution in [0.3, 0.4) is 0 Å². The first-order chi connectivity index (χ1) is 4.83. The van der Waals surface area contributed by atoms with Crippen molar-refractivity contribution in [1.29, 1.82) is 5.41 Å². The Morgan fingerprint density at radius 2 is 1.90 bits per heavy atom. The Labute approximate surface area is 61.9 Å². The first kappa shape index (κ1) is 7.49. The fraction of sp³-hybridized carbons (Fsp3) is 0.875. The molecule has 0 heterocycles. The molecule has 0 aromatic rings. The van der Waals surface area contributed by atoms with Crippen LogP contribution in [0.2, 0.25) is 0 Å². The maximum absolute atomic E-state index is 6.67. The SMILES string of the molecule is CC1CCC(N=C=N)CC1. The van der Waals surface area contributed by atoms with E-state index in [9.17, 15) is 0 Å². The zero-order chi connectivity index (χ0) is 7.40. The molecular weight excluding hydrogens is 124 g/mol. The lowest BCUT2D eigenvalue weighted by molar-refractivity contribution is 0.350. The van der Waals surface area contributed by atoms with Crippen LogP contribution in [-0.2, 0) is 0 Å². The van der Waals surface area contributed by atoms with Crippen LogP contribution in [0, 0.1) is 11.3 Å². The minimum Gasteiger partial charge on any atom is -0.242 e. The highest BCUT2D eigenvalue weighted by molar-refractivity contribution is 5.36. The summed E-state index contributed by atoms with van der Waals surface area (Å²) >= 11 is 0. The highest BCUT2D eigenvalue weighted by Gasteiger charge is 2.16. The quantitative estimate of drug-likeness (QED) is 0.540. The molecule has 2 nitrogen and oxygen atoms in total. The van der Waals surface area contributed by atoms with E-state index in [-0.39, 0.29) is 0 Å². The third-order valence-electron chi connectivity index (χ3n) is 2.23. The molecule has 0 unspecified atom stereocenters. The second-order valence-corrected chi connectivity index (χ2v) is 3.15. The number of hydrogen-bond acceptors (Lipinski definition) is 2. The van der Waals surface area contributed by atoms with Crippen LogP contribution in [0.15, 0.2) is 4.99 Å². The summed E-state index contributed by atoms with van der Waals surface area (Å²) in [5.74, 6) is 0.872. The summed E-state index contributed by atoms with van der Waals surface area (Å²) in [5.41, 5.74) is 0. The van der Waals surface area contributed by atoms with Crippen LogP contribution < -0.4 is 0 Å². The fourth-order valence-corrected chi connectivity index (χ4v) is 1.46. The molecule has 0 aromatic carbocycles. The van der Waals surface area contributed by atoms with Crippen molar-refractivity contribution in [2.45, 2.75) is 38.6 Å². The van der Waals surface area contributed by atoms with Crippen molar-refractivity contribution < 1.29 is 0 Å². The summed E-state index contributed by atoms with van der Waals surface area (Å²) in [6.07, 6.45) is 4.87. The third kappa shape index (κ3) is 1.96. The Kier molecular flexibility index (Phi) is 2.64. The van der Waals surface area contributed by atoms with Crippen molar-refractivity contribution in [1.82, 2.24) is 0 Å². The zero-order valence-corrected chi connectivity index (χ0v) is 6.43. The molecule has 1 aliphatic carbocycles. The van der Waals surface area contributed by atoms with Crippen molar-refractivity contribution in [3.05, 3.63) is 0 Å². The molecule has 1 saturated carbocycles. The van der Waals surface area contributed by atoms with Crippen molar-refractivity contribution in [3.8, 4) is 0 Å². The van der Waals surface area contributed by atoms with Crippen LogP contribution in [0.5, 0.6) is 0 Å². The van der Waals surface area contributed by atoms with Crippen molar-refractivity contribution in [2.24, 2.45) is 10.9 Å². The second kappa shape index (κ2) is 3.52. The molecule has 0 bridgehead atoms. The van der Waals surface area contributed by atoms with Gasteiger partial charge in [-0.25, -0.2) is 10.4 Å². The van der Waals surface area contributed by atoms with E-state index in [1.807, 2.05) is 0 Å². The van der Waals surface area contributed by atoms with Gasteiger partial charge in [-0.15, -0.1) is 0 Å². The van der Waals surface area contributed by atoms with Gasteiger partial charge in [0, 0.05) is 0 Å². The first-order valence-corrected chi connectivity index (χ1v) is 3.94. The van der Waals surface area contributed by atoms with Gasteiger partial charge in [0.15, 0.2) is 0 Å². The monoisotopic (exact) mass is 138 g/mol. The van der Waals surface area contributed by atoms with E-state index in [4.69, 9.17) is 5.41 Å². The molecule has 0 aromatic heterocycles. The lowest BCUT2D eigenvalue weighted by atomic mass is 9.88. The molecule has 2 heteroatoms. The van der Waals surface area contributed by atoms with Crippen LogP contribution in [0.4, 0.5) is 0 Å². The van der Waals surface area contributed by atoms with Gasteiger partial charge in [-0.05, 0) is 31.6 Å². The van der Waals surface area contributed by atoms with E-state index in [1.165, 1.54) is 12.8 Å². The van der Waals surface area contributed by atoms with Crippen molar-refractivity contribution in [3.63, 3.8) is 0 Å². The van der Waals surface area contributed by atoms with Crippen LogP contribution in [-0.4, -0.2) is 12.1 Å². The summed E-state index contributed by atoms with van der Waals surface area (Å²) in [7, 11) is 0. The number of nitrogens with one attached hydrogen (secondary N) is 1. The molecule has 56 valence electrons. The molecule has 10 heavy (non-hydrogen) atoms. The summed E-state index contributed by atoms with van der Waals surface area (Å²) < 4.78 is 0. The van der Waals surface area contributed by atoms with Gasteiger partial charge >= 0.3 is 0 Å². The zero-order valence-electron chi connectivity index (χ0n) is 6.43. The standard InChI is InChI=1S/C8H14N2/c1-7-2-4-8(5-3-7)10-6-9/h7-9H,2-5H2,1H3. The van der Waals surface area contributed by atoms with E-state index >= 15 is 0 Å². The number of aliphatic imine (C=N–C) groups is 1. The highest BCUT2D eigenvalue weighted by Crippen LogP contribution is 2.24. The minimum atomic E-state index is 0.411. The van der Waals surface area contributed by atoms with Crippen LogP contribution in [0.1, 0.15) is 32.6 Å². The Hall–Kier alpha value is -0.620. The number of rotatable bonds is 1. The van der Waals surface area contributed by atoms with Gasteiger partial charge in [0.25, 0.3) is 0 Å². The summed E-state index contributed by atoms with van der Waals surface area (Å²) in [4.78, 5) is 3.93. The molecule has 1 N–H and O–H groups in total. The molecule has 0 saturated heterocycles. The lowest BCUT2D eigenvalue weighted by Crippen LogP contribution is -2.14. The molecule has 0 aliphatic heterocycles. The molecule has 0 spiro atoms. The van der Waals surface area contributed by atoms with Crippen LogP contribution in [0.25, 0.3) is 0 Å². The predicted octanol–water partition coefficient (Wildman–Crippen LogP) is 2.32. The van der Waals surface area contributed by atoms with E-state index in [1.54, 1.807) is 0 Å². The molecule has 0 amide bonds. The van der Waals surface area contributed by atoms with Gasteiger partial charge in [0.05, 0.1) is 12.1 Å². The molecule has 1 rings (SSSR count). The van der Waals surface area contributed by atoms with Crippen LogP contribution >= 0.6 is 0 Å². The first-order valence-electron chi connectivity index (χ1n) is 3.94. The third-order valence-corrected chi connectivity index (χ3v) is 2.23. The molecule has 0 atom stereocenters. The van der Waals surface area contributed by atoms with Gasteiger partial charge in [-0.2, -0.15) is 0 Å². The van der Waals surface area contributed by atoms with Gasteiger partial charge < -0.3 is 0 Å². The molecular formula is C8H14N2. The maximum atomic E-state index is 6.67. The summed E-state index contributed by atoms with van der Waals surface area (Å²) in [6, 6.07) is 2.54. The van der Waals surface area contributed by atoms with Gasteiger partial charge in [-0.3, -0.25) is 0 Å². The Bertz CT molecular complexity index is 139. The summed E-state index contributed by atoms with van der Waals surface area (Å²) in [6.45, 7) is 2.28. The van der Waals surface area contributed by atoms with Crippen molar-refractivity contribution >= 4 is 6.01 Å². The average Bonchev–Trinajstić information content (AvgIpc) is 1.95. The van der Waals surface area contributed by atoms with E-state index in [0.717, 1.165) is 18.8 Å². The highest BCUT2D eigenvalue weighted by atomic mass is 14.8. The smallest absolute Gasteiger partial charge is 0.0864 e. The van der Waals surface area contributed by atoms with Gasteiger partial charge in [0.1, 0.15) is 0 Å². The van der Waals surface area contributed by atoms with E-state index < -0.39 is 0 Å². The van der Waals surface area contributed by atoms with E-state index in [0.29, 0.717) is 6.04 Å². The normalized spacial score (nSPS) is 32.9. The molecule has 1 aliphatic rings. The minimum absolute atomic E-state index is 0.411. The topological polar surface area (TPSA) is 36.2 Å². The van der Waals surface area contributed by atoms with Gasteiger partial charge in [0.2, 0.25) is 0 Å². The average molecular weight is 138 g/mol. The summed E-state index contributed by atoms with van der Waals surface area (Å²) in [5, 5.41) is 6.67. The largest absolute Gasteiger partial charge is 0.242 e. The maximum Gasteiger partial charge on any atom is 0.0864 e. The lowest BCUT2D eigenvalue weighted by Gasteiger charge is -2.21. The Morgan fingerprint density at radius 1 is 1.30 bits per heavy atom. The van der Waals surface area contributed by atoms with E-state index in [2.05, 4.69) is 17.9 Å². The number of hydrogen-bond donors (Lipinski definition) is 1. The number of nitrogens with zero attached hydrogens (tertiary/aromatic N) is 1. The second-order valence-electron chi connectivity index (χ2n) is 3.15. The van der Waals surface area contributed by atoms with Gasteiger partial charge in [-0.1, -0.05) is 6.92 Å². The Morgan fingerprint density at radius 3 is 2.40 bits per heavy atom. The predicted molar refractivity (Wildman–Crippen MR) is 41.6 cm³/mol.